The quantitative estimate of drug-likeness (QED) is 0.507. The van der Waals surface area contributed by atoms with E-state index in [9.17, 15) is 0 Å². The van der Waals surface area contributed by atoms with E-state index in [0.29, 0.717) is 5.60 Å². The van der Waals surface area contributed by atoms with E-state index in [2.05, 4.69) is 0 Å². The first-order chi connectivity index (χ1) is 6.42. The van der Waals surface area contributed by atoms with Gasteiger partial charge in [0.2, 0.25) is 0 Å². The fourth-order valence-electron chi connectivity index (χ4n) is 7.16. The van der Waals surface area contributed by atoms with Crippen LogP contribution in [0, 0.1) is 47.3 Å². The number of hydrogen-bond donors (Lipinski definition) is 0. The molecule has 0 aromatic carbocycles. The lowest BCUT2D eigenvalue weighted by atomic mass is 9.57. The number of epoxide rings is 1. The van der Waals surface area contributed by atoms with Crippen LogP contribution in [0.5, 0.6) is 0 Å². The molecule has 0 N–H and O–H groups in total. The van der Waals surface area contributed by atoms with Crippen molar-refractivity contribution in [3.8, 4) is 0 Å². The van der Waals surface area contributed by atoms with Crippen molar-refractivity contribution in [2.45, 2.75) is 18.4 Å². The molecule has 1 nitrogen and oxygen atoms in total. The summed E-state index contributed by atoms with van der Waals surface area (Å²) in [5.41, 5.74) is 0.505. The molecule has 2 bridgehead atoms. The topological polar surface area (TPSA) is 12.5 Å². The molecule has 5 saturated carbocycles. The second-order valence-electron chi connectivity index (χ2n) is 6.58. The second-order valence-corrected chi connectivity index (χ2v) is 6.58. The van der Waals surface area contributed by atoms with Gasteiger partial charge in [0.25, 0.3) is 0 Å². The van der Waals surface area contributed by atoms with Crippen molar-refractivity contribution in [2.75, 3.05) is 6.61 Å². The summed E-state index contributed by atoms with van der Waals surface area (Å²) in [6.07, 6.45) is 3.23. The van der Waals surface area contributed by atoms with Gasteiger partial charge < -0.3 is 4.74 Å². The minimum Gasteiger partial charge on any atom is -0.369 e. The van der Waals surface area contributed by atoms with Crippen LogP contribution in [0.4, 0.5) is 0 Å². The zero-order valence-corrected chi connectivity index (χ0v) is 7.65. The molecule has 13 heavy (non-hydrogen) atoms. The van der Waals surface area contributed by atoms with E-state index in [-0.39, 0.29) is 0 Å². The van der Waals surface area contributed by atoms with Crippen molar-refractivity contribution in [1.29, 1.82) is 0 Å². The van der Waals surface area contributed by atoms with Crippen LogP contribution in [0.25, 0.3) is 0 Å². The van der Waals surface area contributed by atoms with Gasteiger partial charge in [0, 0.05) is 0 Å². The molecule has 0 amide bonds. The Morgan fingerprint density at radius 2 is 1.62 bits per heavy atom. The first kappa shape index (κ1) is 5.75. The molecular weight excluding hydrogens is 160 g/mol. The molecule has 5 aliphatic carbocycles. The maximum Gasteiger partial charge on any atom is 0.0983 e. The minimum atomic E-state index is 0.505. The maximum atomic E-state index is 5.92. The third-order valence-electron chi connectivity index (χ3n) is 6.97. The molecule has 1 saturated heterocycles. The predicted molar refractivity (Wildman–Crippen MR) is 45.8 cm³/mol. The molecule has 1 heterocycles. The van der Waals surface area contributed by atoms with Gasteiger partial charge >= 0.3 is 0 Å². The number of ether oxygens (including phenoxy) is 1. The molecule has 68 valence electrons. The second kappa shape index (κ2) is 1.25. The van der Waals surface area contributed by atoms with Crippen LogP contribution >= 0.6 is 0 Å². The smallest absolute Gasteiger partial charge is 0.0983 e. The average Bonchev–Trinajstić information content (AvgIpc) is 2.54. The Morgan fingerprint density at radius 1 is 0.846 bits per heavy atom. The Bertz CT molecular complexity index is 339. The number of rotatable bonds is 0. The Hall–Kier alpha value is -0.0400. The zero-order chi connectivity index (χ0) is 7.95. The molecule has 0 unspecified atom stereocenters. The predicted octanol–water partition coefficient (Wildman–Crippen LogP) is 1.53. The van der Waals surface area contributed by atoms with Crippen LogP contribution in [0.2, 0.25) is 0 Å². The standard InChI is InChI=1S/C12H14O/c1-4-5-2-6-8(4)9-7(1)10(5)12(3-13-12)11(6)9/h4-11H,1-3H2/t4-,5-,6-,7-,8-,9+,10-,11+,12-/m1/s1. The highest BCUT2D eigenvalue weighted by Crippen LogP contribution is 2.87. The summed E-state index contributed by atoms with van der Waals surface area (Å²) in [5.74, 6) is 9.11. The highest BCUT2D eigenvalue weighted by atomic mass is 16.6. The lowest BCUT2D eigenvalue weighted by Crippen LogP contribution is -2.47. The summed E-state index contributed by atoms with van der Waals surface area (Å²) in [4.78, 5) is 0. The molecule has 1 aliphatic heterocycles. The van der Waals surface area contributed by atoms with Crippen molar-refractivity contribution >= 4 is 0 Å². The third kappa shape index (κ3) is 0.319. The van der Waals surface area contributed by atoms with Gasteiger partial charge in [-0.2, -0.15) is 0 Å². The molecule has 0 radical (unpaired) electrons. The van der Waals surface area contributed by atoms with E-state index in [1.165, 1.54) is 17.8 Å². The Kier molecular flexibility index (Phi) is 0.551. The lowest BCUT2D eigenvalue weighted by Gasteiger charge is -2.46. The largest absolute Gasteiger partial charge is 0.369 e. The molecule has 0 aromatic heterocycles. The molecule has 6 aliphatic rings. The van der Waals surface area contributed by atoms with Crippen molar-refractivity contribution in [2.24, 2.45) is 47.3 Å². The van der Waals surface area contributed by atoms with Crippen molar-refractivity contribution < 1.29 is 4.74 Å². The van der Waals surface area contributed by atoms with Crippen LogP contribution in [-0.4, -0.2) is 12.2 Å². The van der Waals surface area contributed by atoms with E-state index < -0.39 is 0 Å². The van der Waals surface area contributed by atoms with Crippen LogP contribution < -0.4 is 0 Å². The van der Waals surface area contributed by atoms with Gasteiger partial charge in [-0.05, 0) is 60.2 Å². The average molecular weight is 174 g/mol. The molecular formula is C12H14O. The third-order valence-corrected chi connectivity index (χ3v) is 6.97. The summed E-state index contributed by atoms with van der Waals surface area (Å²) < 4.78 is 5.92. The fourth-order valence-corrected chi connectivity index (χ4v) is 7.16. The van der Waals surface area contributed by atoms with E-state index in [1.54, 1.807) is 12.8 Å². The number of fused-ring (bicyclic) bond motifs is 4. The van der Waals surface area contributed by atoms with Crippen LogP contribution in [-0.2, 0) is 4.74 Å². The maximum absolute atomic E-state index is 5.92. The van der Waals surface area contributed by atoms with Gasteiger partial charge in [-0.3, -0.25) is 0 Å². The summed E-state index contributed by atoms with van der Waals surface area (Å²) in [6, 6.07) is 0. The Morgan fingerprint density at radius 3 is 2.46 bits per heavy atom. The van der Waals surface area contributed by atoms with Crippen molar-refractivity contribution in [3.63, 3.8) is 0 Å². The van der Waals surface area contributed by atoms with Gasteiger partial charge in [0.15, 0.2) is 0 Å². The molecule has 6 fully saturated rings. The van der Waals surface area contributed by atoms with Crippen LogP contribution in [0.1, 0.15) is 12.8 Å². The summed E-state index contributed by atoms with van der Waals surface area (Å²) >= 11 is 0. The van der Waals surface area contributed by atoms with Crippen LogP contribution in [0.3, 0.4) is 0 Å². The van der Waals surface area contributed by atoms with Crippen molar-refractivity contribution in [1.82, 2.24) is 0 Å². The van der Waals surface area contributed by atoms with Crippen molar-refractivity contribution in [3.05, 3.63) is 0 Å². The molecule has 1 heteroatoms. The van der Waals surface area contributed by atoms with Gasteiger partial charge in [-0.15, -0.1) is 0 Å². The normalized spacial score (nSPS) is 88.6. The van der Waals surface area contributed by atoms with Gasteiger partial charge in [-0.25, -0.2) is 0 Å². The lowest BCUT2D eigenvalue weighted by molar-refractivity contribution is -0.0168. The van der Waals surface area contributed by atoms with Crippen LogP contribution in [0.15, 0.2) is 0 Å². The summed E-state index contributed by atoms with van der Waals surface area (Å²) in [7, 11) is 0. The summed E-state index contributed by atoms with van der Waals surface area (Å²) in [6.45, 7) is 1.15. The zero-order valence-electron chi connectivity index (χ0n) is 7.65. The highest BCUT2D eigenvalue weighted by Gasteiger charge is 2.88. The minimum absolute atomic E-state index is 0.505. The highest BCUT2D eigenvalue weighted by molar-refractivity contribution is 5.35. The van der Waals surface area contributed by atoms with Gasteiger partial charge in [0.1, 0.15) is 0 Å². The summed E-state index contributed by atoms with van der Waals surface area (Å²) in [5, 5.41) is 0. The molecule has 1 spiro atoms. The first-order valence-corrected chi connectivity index (χ1v) is 6.06. The monoisotopic (exact) mass is 174 g/mol. The van der Waals surface area contributed by atoms with E-state index in [4.69, 9.17) is 4.74 Å². The molecule has 9 atom stereocenters. The van der Waals surface area contributed by atoms with E-state index in [1.807, 2.05) is 0 Å². The van der Waals surface area contributed by atoms with Gasteiger partial charge in [0.05, 0.1) is 12.2 Å². The molecule has 0 aromatic rings. The SMILES string of the molecule is C1[C@@H]2[C@H]3C[C@@H]4[C@@H]2[C@@H]2[C@@H]1[C@@H]3[C@]1(CO1)[C@@H]42. The van der Waals surface area contributed by atoms with E-state index in [0.717, 1.165) is 36.2 Å². The Balaban J connectivity index is 1.76. The first-order valence-electron chi connectivity index (χ1n) is 6.06. The number of hydrogen-bond acceptors (Lipinski definition) is 1. The Labute approximate surface area is 77.8 Å². The van der Waals surface area contributed by atoms with Gasteiger partial charge in [-0.1, -0.05) is 0 Å². The van der Waals surface area contributed by atoms with E-state index >= 15 is 0 Å². The molecule has 6 rings (SSSR count). The fraction of sp³-hybridized carbons (Fsp3) is 1.00.